The fourth-order valence-electron chi connectivity index (χ4n) is 3.00. The lowest BCUT2D eigenvalue weighted by atomic mass is 10.1. The fraction of sp³-hybridized carbons (Fsp3) is 0.238. The van der Waals surface area contributed by atoms with Crippen LogP contribution in [0, 0.1) is 0 Å². The number of rotatable bonds is 7. The monoisotopic (exact) mass is 412 g/mol. The Balaban J connectivity index is 1.60. The normalized spacial score (nSPS) is 13.5. The number of carbonyl (C=O) groups excluding carboxylic acids is 4. The van der Waals surface area contributed by atoms with E-state index in [2.05, 4.69) is 5.32 Å². The largest absolute Gasteiger partial charge is 0.497 e. The SMILES string of the molecule is COc1cc(NC(=O)COC(=O)[C@H](C)N2C(=O)c3ccccc3C2=O)cc(OC)c1. The van der Waals surface area contributed by atoms with Gasteiger partial charge in [-0.2, -0.15) is 0 Å². The highest BCUT2D eigenvalue weighted by Gasteiger charge is 2.41. The molecule has 9 nitrogen and oxygen atoms in total. The number of nitrogens with one attached hydrogen (secondary N) is 1. The standard InChI is InChI=1S/C21H20N2O7/c1-12(23-19(25)16-6-4-5-7-17(16)20(23)26)21(27)30-11-18(24)22-13-8-14(28-2)10-15(9-13)29-3/h4-10,12H,11H2,1-3H3,(H,22,24)/t12-/m0/s1. The summed E-state index contributed by atoms with van der Waals surface area (Å²) < 4.78 is 15.3. The Kier molecular flexibility index (Phi) is 6.01. The van der Waals surface area contributed by atoms with Crippen LogP contribution in [-0.4, -0.2) is 55.5 Å². The minimum atomic E-state index is -1.18. The van der Waals surface area contributed by atoms with E-state index in [1.54, 1.807) is 30.3 Å². The molecule has 0 saturated carbocycles. The van der Waals surface area contributed by atoms with Crippen LogP contribution in [0.2, 0.25) is 0 Å². The van der Waals surface area contributed by atoms with E-state index in [0.29, 0.717) is 17.2 Å². The van der Waals surface area contributed by atoms with Crippen LogP contribution in [0.4, 0.5) is 5.69 Å². The van der Waals surface area contributed by atoms with E-state index < -0.39 is 36.3 Å². The van der Waals surface area contributed by atoms with Crippen molar-refractivity contribution in [3.63, 3.8) is 0 Å². The lowest BCUT2D eigenvalue weighted by Crippen LogP contribution is -2.44. The number of imide groups is 1. The summed E-state index contributed by atoms with van der Waals surface area (Å²) in [4.78, 5) is 50.2. The molecule has 1 heterocycles. The lowest BCUT2D eigenvalue weighted by molar-refractivity contribution is -0.150. The molecule has 1 aliphatic heterocycles. The minimum Gasteiger partial charge on any atom is -0.497 e. The van der Waals surface area contributed by atoms with Crippen molar-refractivity contribution in [3.8, 4) is 11.5 Å². The Morgan fingerprint density at radius 1 is 0.967 bits per heavy atom. The van der Waals surface area contributed by atoms with E-state index in [-0.39, 0.29) is 11.1 Å². The van der Waals surface area contributed by atoms with Crippen molar-refractivity contribution < 1.29 is 33.4 Å². The molecule has 0 radical (unpaired) electrons. The highest BCUT2D eigenvalue weighted by Crippen LogP contribution is 2.26. The summed E-state index contributed by atoms with van der Waals surface area (Å²) in [5, 5.41) is 2.56. The number of anilines is 1. The average Bonchev–Trinajstić information content (AvgIpc) is 3.01. The van der Waals surface area contributed by atoms with E-state index >= 15 is 0 Å². The summed E-state index contributed by atoms with van der Waals surface area (Å²) in [7, 11) is 2.95. The van der Waals surface area contributed by atoms with Gasteiger partial charge in [-0.1, -0.05) is 12.1 Å². The number of hydrogen-bond acceptors (Lipinski definition) is 7. The molecule has 1 atom stereocenters. The van der Waals surface area contributed by atoms with E-state index in [1.165, 1.54) is 33.3 Å². The lowest BCUT2D eigenvalue weighted by Gasteiger charge is -2.20. The summed E-state index contributed by atoms with van der Waals surface area (Å²) in [6.07, 6.45) is 0. The van der Waals surface area contributed by atoms with Gasteiger partial charge in [0.25, 0.3) is 17.7 Å². The first-order valence-corrected chi connectivity index (χ1v) is 9.02. The zero-order valence-electron chi connectivity index (χ0n) is 16.6. The summed E-state index contributed by atoms with van der Waals surface area (Å²) >= 11 is 0. The third-order valence-electron chi connectivity index (χ3n) is 4.53. The Hall–Kier alpha value is -3.88. The predicted molar refractivity (Wildman–Crippen MR) is 106 cm³/mol. The van der Waals surface area contributed by atoms with Gasteiger partial charge in [0.15, 0.2) is 6.61 Å². The maximum atomic E-state index is 12.4. The second kappa shape index (κ2) is 8.64. The first kappa shape index (κ1) is 20.8. The van der Waals surface area contributed by atoms with Gasteiger partial charge >= 0.3 is 5.97 Å². The van der Waals surface area contributed by atoms with Gasteiger partial charge in [0, 0.05) is 23.9 Å². The molecule has 0 unspecified atom stereocenters. The molecule has 3 rings (SSSR count). The Morgan fingerprint density at radius 2 is 1.50 bits per heavy atom. The van der Waals surface area contributed by atoms with Crippen LogP contribution >= 0.6 is 0 Å². The molecular formula is C21H20N2O7. The molecule has 0 saturated heterocycles. The van der Waals surface area contributed by atoms with Gasteiger partial charge in [0.2, 0.25) is 0 Å². The third-order valence-corrected chi connectivity index (χ3v) is 4.53. The van der Waals surface area contributed by atoms with Crippen molar-refractivity contribution in [2.75, 3.05) is 26.1 Å². The number of hydrogen-bond donors (Lipinski definition) is 1. The number of ether oxygens (including phenoxy) is 3. The minimum absolute atomic E-state index is 0.229. The van der Waals surface area contributed by atoms with Crippen LogP contribution in [0.25, 0.3) is 0 Å². The number of methoxy groups -OCH3 is 2. The van der Waals surface area contributed by atoms with Gasteiger partial charge in [0.1, 0.15) is 17.5 Å². The molecule has 9 heteroatoms. The fourth-order valence-corrected chi connectivity index (χ4v) is 3.00. The molecule has 0 fully saturated rings. The van der Waals surface area contributed by atoms with Crippen LogP contribution in [0.3, 0.4) is 0 Å². The number of amides is 3. The molecule has 0 spiro atoms. The quantitative estimate of drug-likeness (QED) is 0.546. The third kappa shape index (κ3) is 4.09. The molecule has 1 aliphatic rings. The summed E-state index contributed by atoms with van der Waals surface area (Å²) in [5.74, 6) is -1.68. The van der Waals surface area contributed by atoms with Crippen LogP contribution in [-0.2, 0) is 14.3 Å². The molecule has 0 aliphatic carbocycles. The van der Waals surface area contributed by atoms with Crippen molar-refractivity contribution >= 4 is 29.4 Å². The molecule has 156 valence electrons. The van der Waals surface area contributed by atoms with Crippen LogP contribution in [0.1, 0.15) is 27.6 Å². The molecule has 30 heavy (non-hydrogen) atoms. The first-order valence-electron chi connectivity index (χ1n) is 9.02. The van der Waals surface area contributed by atoms with Crippen molar-refractivity contribution in [1.29, 1.82) is 0 Å². The van der Waals surface area contributed by atoms with Gasteiger partial charge in [0.05, 0.1) is 25.3 Å². The number of esters is 1. The molecule has 0 bridgehead atoms. The summed E-state index contributed by atoms with van der Waals surface area (Å²) in [6.45, 7) is 0.778. The van der Waals surface area contributed by atoms with Crippen LogP contribution in [0.15, 0.2) is 42.5 Å². The topological polar surface area (TPSA) is 111 Å². The highest BCUT2D eigenvalue weighted by molar-refractivity contribution is 6.22. The van der Waals surface area contributed by atoms with Gasteiger partial charge in [-0.3, -0.25) is 19.3 Å². The molecule has 0 aromatic heterocycles. The number of fused-ring (bicyclic) bond motifs is 1. The van der Waals surface area contributed by atoms with Gasteiger partial charge < -0.3 is 19.5 Å². The number of nitrogens with zero attached hydrogens (tertiary/aromatic N) is 1. The maximum absolute atomic E-state index is 12.4. The van der Waals surface area contributed by atoms with E-state index in [4.69, 9.17) is 14.2 Å². The molecule has 2 aromatic rings. The van der Waals surface area contributed by atoms with Crippen molar-refractivity contribution in [1.82, 2.24) is 4.90 Å². The smallest absolute Gasteiger partial charge is 0.329 e. The summed E-state index contributed by atoms with van der Waals surface area (Å²) in [5.41, 5.74) is 0.847. The Labute approximate surface area is 172 Å². The average molecular weight is 412 g/mol. The molecule has 3 amide bonds. The first-order chi connectivity index (χ1) is 14.3. The zero-order valence-corrected chi connectivity index (χ0v) is 16.6. The Bertz CT molecular complexity index is 961. The highest BCUT2D eigenvalue weighted by atomic mass is 16.5. The van der Waals surface area contributed by atoms with Gasteiger partial charge in [-0.25, -0.2) is 4.79 Å². The maximum Gasteiger partial charge on any atom is 0.329 e. The van der Waals surface area contributed by atoms with Crippen molar-refractivity contribution in [2.24, 2.45) is 0 Å². The number of carbonyl (C=O) groups is 4. The number of benzene rings is 2. The van der Waals surface area contributed by atoms with Crippen LogP contribution < -0.4 is 14.8 Å². The van der Waals surface area contributed by atoms with E-state index in [0.717, 1.165) is 4.90 Å². The predicted octanol–water partition coefficient (Wildman–Crippen LogP) is 1.87. The second-order valence-electron chi connectivity index (χ2n) is 6.46. The molecular weight excluding hydrogens is 392 g/mol. The summed E-state index contributed by atoms with van der Waals surface area (Å²) in [6, 6.07) is 9.91. The van der Waals surface area contributed by atoms with Gasteiger partial charge in [-0.15, -0.1) is 0 Å². The van der Waals surface area contributed by atoms with Crippen LogP contribution in [0.5, 0.6) is 11.5 Å². The second-order valence-corrected chi connectivity index (χ2v) is 6.46. The zero-order chi connectivity index (χ0) is 21.8. The van der Waals surface area contributed by atoms with E-state index in [1.807, 2.05) is 0 Å². The molecule has 1 N–H and O–H groups in total. The molecule has 2 aromatic carbocycles. The van der Waals surface area contributed by atoms with Gasteiger partial charge in [-0.05, 0) is 19.1 Å². The van der Waals surface area contributed by atoms with Crippen molar-refractivity contribution in [3.05, 3.63) is 53.6 Å². The Morgan fingerprint density at radius 3 is 2.00 bits per heavy atom. The van der Waals surface area contributed by atoms with E-state index in [9.17, 15) is 19.2 Å². The van der Waals surface area contributed by atoms with Crippen molar-refractivity contribution in [2.45, 2.75) is 13.0 Å².